The van der Waals surface area contributed by atoms with Crippen LogP contribution in [0.2, 0.25) is 0 Å². The number of nitrogens with zero attached hydrogens (tertiary/aromatic N) is 1. The van der Waals surface area contributed by atoms with E-state index in [1.54, 1.807) is 6.20 Å². The Morgan fingerprint density at radius 1 is 1.12 bits per heavy atom. The van der Waals surface area contributed by atoms with E-state index in [0.717, 1.165) is 22.4 Å². The van der Waals surface area contributed by atoms with Crippen LogP contribution in [0.1, 0.15) is 15.9 Å². The van der Waals surface area contributed by atoms with E-state index in [1.807, 2.05) is 49.4 Å². The van der Waals surface area contributed by atoms with Crippen molar-refractivity contribution in [2.75, 3.05) is 0 Å². The summed E-state index contributed by atoms with van der Waals surface area (Å²) in [6.07, 6.45) is 1.69. The number of rotatable bonds is 2. The number of hydrogen-bond donors (Lipinski definition) is 0. The minimum Gasteiger partial charge on any atom is -0.281 e. The van der Waals surface area contributed by atoms with Gasteiger partial charge in [-0.05, 0) is 30.8 Å². The molecule has 2 aromatic rings. The molecular formula is C13H11NOS. The minimum absolute atomic E-state index is 0.0266. The number of aryl methyl sites for hydroxylation is 1. The summed E-state index contributed by atoms with van der Waals surface area (Å²) in [7, 11) is 0. The molecule has 0 bridgehead atoms. The monoisotopic (exact) mass is 229 g/mol. The molecule has 2 rings (SSSR count). The van der Waals surface area contributed by atoms with E-state index in [2.05, 4.69) is 4.98 Å². The molecule has 0 fully saturated rings. The number of carbonyl (C=O) groups is 1. The lowest BCUT2D eigenvalue weighted by Gasteiger charge is -2.00. The van der Waals surface area contributed by atoms with Crippen LogP contribution in [0.5, 0.6) is 0 Å². The molecule has 0 aliphatic heterocycles. The van der Waals surface area contributed by atoms with E-state index in [-0.39, 0.29) is 5.12 Å². The fourth-order valence-electron chi connectivity index (χ4n) is 1.25. The predicted molar refractivity (Wildman–Crippen MR) is 65.6 cm³/mol. The summed E-state index contributed by atoms with van der Waals surface area (Å²) < 4.78 is 0. The lowest BCUT2D eigenvalue weighted by molar-refractivity contribution is 0.108. The zero-order chi connectivity index (χ0) is 11.4. The van der Waals surface area contributed by atoms with Gasteiger partial charge in [0.2, 0.25) is 5.12 Å². The molecule has 1 heterocycles. The van der Waals surface area contributed by atoms with E-state index in [9.17, 15) is 4.79 Å². The molecule has 0 amide bonds. The average Bonchev–Trinajstić information content (AvgIpc) is 2.31. The van der Waals surface area contributed by atoms with Gasteiger partial charge in [0.25, 0.3) is 0 Å². The molecule has 0 unspecified atom stereocenters. The van der Waals surface area contributed by atoms with Crippen molar-refractivity contribution in [2.45, 2.75) is 11.9 Å². The summed E-state index contributed by atoms with van der Waals surface area (Å²) >= 11 is 1.15. The predicted octanol–water partition coefficient (Wildman–Crippen LogP) is 3.32. The zero-order valence-electron chi connectivity index (χ0n) is 8.88. The van der Waals surface area contributed by atoms with Crippen LogP contribution in [0, 0.1) is 6.92 Å². The highest BCUT2D eigenvalue weighted by atomic mass is 32.2. The van der Waals surface area contributed by atoms with E-state index in [4.69, 9.17) is 0 Å². The summed E-state index contributed by atoms with van der Waals surface area (Å²) in [4.78, 5) is 16.0. The highest BCUT2D eigenvalue weighted by Gasteiger charge is 2.07. The van der Waals surface area contributed by atoms with Crippen LogP contribution in [0.3, 0.4) is 0 Å². The number of carbonyl (C=O) groups excluding carboxylic acids is 1. The molecule has 2 nitrogen and oxygen atoms in total. The van der Waals surface area contributed by atoms with Crippen molar-refractivity contribution in [3.8, 4) is 0 Å². The van der Waals surface area contributed by atoms with Crippen LogP contribution >= 0.6 is 11.8 Å². The van der Waals surface area contributed by atoms with Gasteiger partial charge in [0.15, 0.2) is 0 Å². The van der Waals surface area contributed by atoms with Crippen molar-refractivity contribution in [2.24, 2.45) is 0 Å². The highest BCUT2D eigenvalue weighted by Crippen LogP contribution is 2.20. The molecule has 0 spiro atoms. The first-order valence-electron chi connectivity index (χ1n) is 4.95. The summed E-state index contributed by atoms with van der Waals surface area (Å²) in [5.74, 6) is 0. The van der Waals surface area contributed by atoms with Gasteiger partial charge in [-0.25, -0.2) is 4.98 Å². The number of benzene rings is 1. The lowest BCUT2D eigenvalue weighted by atomic mass is 10.2. The standard InChI is InChI=1S/C13H11NOS/c1-10-5-7-11(8-6-10)13(15)16-12-4-2-3-9-14-12/h2-9H,1H3. The van der Waals surface area contributed by atoms with Gasteiger partial charge in [-0.3, -0.25) is 4.79 Å². The second-order valence-corrected chi connectivity index (χ2v) is 4.42. The molecular weight excluding hydrogens is 218 g/mol. The summed E-state index contributed by atoms with van der Waals surface area (Å²) in [6.45, 7) is 2.00. The second-order valence-electron chi connectivity index (χ2n) is 3.42. The second kappa shape index (κ2) is 4.94. The van der Waals surface area contributed by atoms with E-state index < -0.39 is 0 Å². The molecule has 16 heavy (non-hydrogen) atoms. The van der Waals surface area contributed by atoms with E-state index >= 15 is 0 Å². The van der Waals surface area contributed by atoms with Crippen LogP contribution in [0.4, 0.5) is 0 Å². The van der Waals surface area contributed by atoms with Gasteiger partial charge in [-0.15, -0.1) is 0 Å². The van der Waals surface area contributed by atoms with Gasteiger partial charge in [-0.1, -0.05) is 35.9 Å². The Morgan fingerprint density at radius 2 is 1.88 bits per heavy atom. The smallest absolute Gasteiger partial charge is 0.225 e. The first kappa shape index (κ1) is 10.9. The summed E-state index contributed by atoms with van der Waals surface area (Å²) in [5.41, 5.74) is 1.86. The number of pyridine rings is 1. The molecule has 0 aliphatic rings. The molecule has 3 heteroatoms. The maximum atomic E-state index is 11.8. The fraction of sp³-hybridized carbons (Fsp3) is 0.0769. The van der Waals surface area contributed by atoms with Gasteiger partial charge in [-0.2, -0.15) is 0 Å². The first-order chi connectivity index (χ1) is 7.75. The van der Waals surface area contributed by atoms with Crippen LogP contribution in [-0.2, 0) is 0 Å². The molecule has 80 valence electrons. The molecule has 0 aliphatic carbocycles. The van der Waals surface area contributed by atoms with Crippen molar-refractivity contribution >= 4 is 16.9 Å². The normalized spacial score (nSPS) is 10.1. The maximum Gasteiger partial charge on any atom is 0.225 e. The molecule has 0 radical (unpaired) electrons. The van der Waals surface area contributed by atoms with Crippen LogP contribution in [-0.4, -0.2) is 10.1 Å². The van der Waals surface area contributed by atoms with Gasteiger partial charge < -0.3 is 0 Å². The van der Waals surface area contributed by atoms with Gasteiger partial charge >= 0.3 is 0 Å². The van der Waals surface area contributed by atoms with Crippen LogP contribution in [0.15, 0.2) is 53.7 Å². The third-order valence-corrected chi connectivity index (χ3v) is 2.99. The summed E-state index contributed by atoms with van der Waals surface area (Å²) in [5, 5.41) is 0.756. The van der Waals surface area contributed by atoms with Crippen molar-refractivity contribution in [3.63, 3.8) is 0 Å². The van der Waals surface area contributed by atoms with Crippen LogP contribution in [0.25, 0.3) is 0 Å². The van der Waals surface area contributed by atoms with Crippen molar-refractivity contribution in [3.05, 3.63) is 59.8 Å². The number of aromatic nitrogens is 1. The van der Waals surface area contributed by atoms with Gasteiger partial charge in [0.1, 0.15) is 5.03 Å². The Hall–Kier alpha value is -1.61. The fourth-order valence-corrected chi connectivity index (χ4v) is 1.96. The first-order valence-corrected chi connectivity index (χ1v) is 5.77. The van der Waals surface area contributed by atoms with Crippen molar-refractivity contribution < 1.29 is 4.79 Å². The Kier molecular flexibility index (Phi) is 3.37. The Balaban J connectivity index is 2.12. The lowest BCUT2D eigenvalue weighted by Crippen LogP contribution is -1.93. The van der Waals surface area contributed by atoms with Crippen molar-refractivity contribution in [1.82, 2.24) is 4.98 Å². The Bertz CT molecular complexity index is 479. The average molecular weight is 229 g/mol. The minimum atomic E-state index is 0.0266. The quantitative estimate of drug-likeness (QED) is 0.740. The SMILES string of the molecule is Cc1ccc(C(=O)Sc2ccccn2)cc1. The number of thioether (sulfide) groups is 1. The molecule has 1 aromatic carbocycles. The van der Waals surface area contributed by atoms with Crippen molar-refractivity contribution in [1.29, 1.82) is 0 Å². The molecule has 0 N–H and O–H groups in total. The molecule has 0 atom stereocenters. The number of hydrogen-bond acceptors (Lipinski definition) is 3. The van der Waals surface area contributed by atoms with Gasteiger partial charge in [0, 0.05) is 11.8 Å². The maximum absolute atomic E-state index is 11.8. The van der Waals surface area contributed by atoms with E-state index in [0.29, 0.717) is 5.56 Å². The highest BCUT2D eigenvalue weighted by molar-refractivity contribution is 8.14. The molecule has 1 aromatic heterocycles. The van der Waals surface area contributed by atoms with Crippen LogP contribution < -0.4 is 0 Å². The third kappa shape index (κ3) is 2.70. The van der Waals surface area contributed by atoms with Gasteiger partial charge in [0.05, 0.1) is 0 Å². The molecule has 0 saturated heterocycles. The Morgan fingerprint density at radius 3 is 2.50 bits per heavy atom. The largest absolute Gasteiger partial charge is 0.281 e. The zero-order valence-corrected chi connectivity index (χ0v) is 9.70. The Labute approximate surface area is 98.7 Å². The van der Waals surface area contributed by atoms with E-state index in [1.165, 1.54) is 0 Å². The molecule has 0 saturated carbocycles. The summed E-state index contributed by atoms with van der Waals surface area (Å²) in [6, 6.07) is 13.1. The topological polar surface area (TPSA) is 30.0 Å². The third-order valence-electron chi connectivity index (χ3n) is 2.12.